The lowest BCUT2D eigenvalue weighted by molar-refractivity contribution is -0.144. The summed E-state index contributed by atoms with van der Waals surface area (Å²) in [6, 6.07) is 15.2. The van der Waals surface area contributed by atoms with Crippen molar-refractivity contribution in [2.24, 2.45) is 5.41 Å². The average molecular weight is 572 g/mol. The lowest BCUT2D eigenvalue weighted by atomic mass is 9.85. The summed E-state index contributed by atoms with van der Waals surface area (Å²) in [6.45, 7) is 9.76. The first-order valence-electron chi connectivity index (χ1n) is 13.3. The van der Waals surface area contributed by atoms with Crippen molar-refractivity contribution in [3.8, 4) is 0 Å². The van der Waals surface area contributed by atoms with E-state index in [1.54, 1.807) is 18.9 Å². The third-order valence-corrected chi connectivity index (χ3v) is 8.15. The number of likely N-dealkylation sites (tertiary alicyclic amines) is 1. The Morgan fingerprint density at radius 3 is 2.33 bits per heavy atom. The van der Waals surface area contributed by atoms with Gasteiger partial charge in [0.2, 0.25) is 17.7 Å². The number of nitrogens with one attached hydrogen (secondary N) is 4. The van der Waals surface area contributed by atoms with Gasteiger partial charge >= 0.3 is 0 Å². The number of rotatable bonds is 10. The third-order valence-electron chi connectivity index (χ3n) is 6.93. The van der Waals surface area contributed by atoms with E-state index in [4.69, 9.17) is 0 Å². The molecule has 3 amide bonds. The van der Waals surface area contributed by atoms with Crippen LogP contribution in [0, 0.1) is 5.41 Å². The highest BCUT2D eigenvalue weighted by atomic mass is 32.2. The summed E-state index contributed by atoms with van der Waals surface area (Å²) in [5.74, 6) is -0.743. The lowest BCUT2D eigenvalue weighted by Gasteiger charge is -2.36. The first-order chi connectivity index (χ1) is 18.4. The van der Waals surface area contributed by atoms with E-state index in [1.807, 2.05) is 82.3 Å². The molecule has 0 aliphatic carbocycles. The summed E-state index contributed by atoms with van der Waals surface area (Å²) in [6.07, 6.45) is 0.449. The fraction of sp³-hybridized carbons (Fsp3) is 0.483. The third kappa shape index (κ3) is 8.48. The molecule has 0 aromatic heterocycles. The summed E-state index contributed by atoms with van der Waals surface area (Å²) in [4.78, 5) is 43.9. The molecule has 2 aromatic carbocycles. The number of carbonyl (C=O) groups excluding carboxylic acids is 3. The van der Waals surface area contributed by atoms with Gasteiger partial charge in [-0.15, -0.1) is 12.6 Å². The highest BCUT2D eigenvalue weighted by molar-refractivity contribution is 7.97. The van der Waals surface area contributed by atoms with Gasteiger partial charge in [0.15, 0.2) is 0 Å². The summed E-state index contributed by atoms with van der Waals surface area (Å²) < 4.78 is 3.44. The predicted molar refractivity (Wildman–Crippen MR) is 159 cm³/mol. The first kappa shape index (κ1) is 31.0. The molecule has 0 unspecified atom stereocenters. The molecule has 0 spiro atoms. The zero-order valence-electron chi connectivity index (χ0n) is 23.5. The smallest absolute Gasteiger partial charge is 0.246 e. The van der Waals surface area contributed by atoms with Crippen LogP contribution in [0.15, 0.2) is 64.4 Å². The van der Waals surface area contributed by atoms with Crippen molar-refractivity contribution in [1.82, 2.24) is 25.6 Å². The van der Waals surface area contributed by atoms with Crippen LogP contribution in [0.3, 0.4) is 0 Å². The Morgan fingerprint density at radius 2 is 1.72 bits per heavy atom. The molecular weight excluding hydrogens is 530 g/mol. The molecule has 212 valence electrons. The Hall–Kier alpha value is -2.53. The molecule has 0 bridgehead atoms. The van der Waals surface area contributed by atoms with E-state index in [0.29, 0.717) is 13.0 Å². The quantitative estimate of drug-likeness (QED) is 0.221. The van der Waals surface area contributed by atoms with Gasteiger partial charge in [-0.05, 0) is 68.4 Å². The monoisotopic (exact) mass is 571 g/mol. The lowest BCUT2D eigenvalue weighted by Crippen LogP contribution is -2.59. The fourth-order valence-corrected chi connectivity index (χ4v) is 5.58. The van der Waals surface area contributed by atoms with Crippen molar-refractivity contribution in [1.29, 1.82) is 0 Å². The van der Waals surface area contributed by atoms with Gasteiger partial charge in [-0.2, -0.15) is 0 Å². The Balaban J connectivity index is 1.82. The number of amides is 3. The average Bonchev–Trinajstić information content (AvgIpc) is 3.34. The van der Waals surface area contributed by atoms with E-state index in [2.05, 4.69) is 33.3 Å². The summed E-state index contributed by atoms with van der Waals surface area (Å²) >= 11 is 5.87. The topological polar surface area (TPSA) is 103 Å². The van der Waals surface area contributed by atoms with Gasteiger partial charge in [0.1, 0.15) is 12.1 Å². The molecule has 0 saturated carbocycles. The number of hydrogen-bond acceptors (Lipinski definition) is 7. The van der Waals surface area contributed by atoms with Crippen molar-refractivity contribution in [2.75, 3.05) is 13.6 Å². The summed E-state index contributed by atoms with van der Waals surface area (Å²) in [7, 11) is 1.70. The van der Waals surface area contributed by atoms with E-state index >= 15 is 0 Å². The Kier molecular flexibility index (Phi) is 10.9. The number of nitrogens with zero attached hydrogens (tertiary/aromatic N) is 1. The van der Waals surface area contributed by atoms with E-state index in [1.165, 1.54) is 11.9 Å². The van der Waals surface area contributed by atoms with Crippen LogP contribution >= 0.6 is 24.6 Å². The van der Waals surface area contributed by atoms with Gasteiger partial charge in [0.25, 0.3) is 0 Å². The second-order valence-corrected chi connectivity index (χ2v) is 12.5. The molecule has 1 fully saturated rings. The molecule has 5 atom stereocenters. The molecule has 1 saturated heterocycles. The van der Waals surface area contributed by atoms with E-state index in [9.17, 15) is 14.4 Å². The standard InChI is InChI=1S/C29H41N5O3S2/c1-18(20-11-8-7-9-12-20)31-27(36)24-15-21(33-39-23-14-10-13-22(38)16-23)17-34(24)28(37)25(29(3,4)5)32-26(35)19(2)30-6/h7-14,16,18-19,21,24-25,30,33,38H,15,17H2,1-6H3,(H,31,36)(H,32,35)/t18-,19+,21+,24+,25-/m1/s1. The maximum Gasteiger partial charge on any atom is 0.246 e. The molecule has 3 rings (SSSR count). The Morgan fingerprint density at radius 1 is 1.03 bits per heavy atom. The maximum atomic E-state index is 14.0. The fourth-order valence-electron chi connectivity index (χ4n) is 4.46. The number of benzene rings is 2. The second-order valence-electron chi connectivity index (χ2n) is 11.1. The zero-order chi connectivity index (χ0) is 28.7. The van der Waals surface area contributed by atoms with E-state index in [0.717, 1.165) is 15.4 Å². The highest BCUT2D eigenvalue weighted by Crippen LogP contribution is 2.29. The van der Waals surface area contributed by atoms with Crippen LogP contribution in [0.25, 0.3) is 0 Å². The van der Waals surface area contributed by atoms with Crippen molar-refractivity contribution in [2.45, 2.75) is 81.0 Å². The van der Waals surface area contributed by atoms with Gasteiger partial charge in [-0.3, -0.25) is 19.1 Å². The molecule has 1 heterocycles. The van der Waals surface area contributed by atoms with Crippen molar-refractivity contribution in [3.05, 3.63) is 60.2 Å². The Labute approximate surface area is 242 Å². The number of likely N-dealkylation sites (N-methyl/N-ethyl adjacent to an activating group) is 1. The number of thiol groups is 1. The molecule has 39 heavy (non-hydrogen) atoms. The van der Waals surface area contributed by atoms with Gasteiger partial charge in [0.05, 0.1) is 12.1 Å². The van der Waals surface area contributed by atoms with Crippen molar-refractivity contribution < 1.29 is 14.4 Å². The van der Waals surface area contributed by atoms with Crippen LogP contribution in [-0.2, 0) is 14.4 Å². The second kappa shape index (κ2) is 13.7. The van der Waals surface area contributed by atoms with E-state index < -0.39 is 23.5 Å². The normalized spacial score (nSPS) is 19.7. The van der Waals surface area contributed by atoms with Crippen LogP contribution in [-0.4, -0.2) is 60.4 Å². The maximum absolute atomic E-state index is 14.0. The van der Waals surface area contributed by atoms with Crippen molar-refractivity contribution in [3.63, 3.8) is 0 Å². The molecule has 4 N–H and O–H groups in total. The minimum absolute atomic E-state index is 0.127. The van der Waals surface area contributed by atoms with Gasteiger partial charge in [-0.25, -0.2) is 0 Å². The summed E-state index contributed by atoms with van der Waals surface area (Å²) in [5.41, 5.74) is 0.422. The molecule has 0 radical (unpaired) electrons. The van der Waals surface area contributed by atoms with Gasteiger partial charge in [-0.1, -0.05) is 57.2 Å². The molecule has 10 heteroatoms. The molecular formula is C29H41N5O3S2. The molecule has 8 nitrogen and oxygen atoms in total. The van der Waals surface area contributed by atoms with Crippen LogP contribution in [0.4, 0.5) is 0 Å². The molecule has 2 aromatic rings. The Bertz CT molecular complexity index is 1140. The van der Waals surface area contributed by atoms with Gasteiger partial charge in [0, 0.05) is 22.4 Å². The van der Waals surface area contributed by atoms with Crippen LogP contribution in [0.5, 0.6) is 0 Å². The zero-order valence-corrected chi connectivity index (χ0v) is 25.2. The minimum atomic E-state index is -0.796. The molecule has 1 aliphatic rings. The first-order valence-corrected chi connectivity index (χ1v) is 14.5. The summed E-state index contributed by atoms with van der Waals surface area (Å²) in [5, 5.41) is 8.94. The van der Waals surface area contributed by atoms with Crippen LogP contribution in [0.2, 0.25) is 0 Å². The van der Waals surface area contributed by atoms with Gasteiger partial charge < -0.3 is 20.9 Å². The van der Waals surface area contributed by atoms with E-state index in [-0.39, 0.29) is 29.8 Å². The highest BCUT2D eigenvalue weighted by Gasteiger charge is 2.45. The SMILES string of the molecule is CN[C@@H](C)C(=O)N[C@H](C(=O)N1C[C@@H](NSc2cccc(S)c2)C[C@H]1C(=O)N[C@H](C)c1ccccc1)C(C)(C)C. The minimum Gasteiger partial charge on any atom is -0.348 e. The number of carbonyl (C=O) groups is 3. The number of hydrogen-bond donors (Lipinski definition) is 5. The molecule has 1 aliphatic heterocycles. The largest absolute Gasteiger partial charge is 0.348 e. The van der Waals surface area contributed by atoms with Crippen LogP contribution in [0.1, 0.15) is 52.6 Å². The van der Waals surface area contributed by atoms with Crippen molar-refractivity contribution >= 4 is 42.3 Å². The van der Waals surface area contributed by atoms with Crippen LogP contribution < -0.4 is 20.7 Å². The predicted octanol–water partition coefficient (Wildman–Crippen LogP) is 3.56.